The molecule has 0 aromatic heterocycles. The van der Waals surface area contributed by atoms with Crippen LogP contribution >= 0.6 is 0 Å². The van der Waals surface area contributed by atoms with E-state index >= 15 is 0 Å². The summed E-state index contributed by atoms with van der Waals surface area (Å²) in [5, 5.41) is 5.37. The molecule has 0 atom stereocenters. The first-order valence-electron chi connectivity index (χ1n) is 7.67. The monoisotopic (exact) mass is 330 g/mol. The van der Waals surface area contributed by atoms with Gasteiger partial charge in [0.2, 0.25) is 0 Å². The topological polar surface area (TPSA) is 68.8 Å². The van der Waals surface area contributed by atoms with Crippen molar-refractivity contribution in [1.29, 1.82) is 0 Å². The van der Waals surface area contributed by atoms with Gasteiger partial charge in [0.1, 0.15) is 17.2 Å². The number of hydrogen-bond acceptors (Lipinski definition) is 4. The van der Waals surface area contributed by atoms with Gasteiger partial charge in [0, 0.05) is 0 Å². The van der Waals surface area contributed by atoms with E-state index in [0.717, 1.165) is 11.3 Å². The first kappa shape index (κ1) is 17.5. The van der Waals surface area contributed by atoms with Crippen LogP contribution in [0.4, 0.5) is 10.5 Å². The van der Waals surface area contributed by atoms with Crippen molar-refractivity contribution in [2.45, 2.75) is 13.8 Å². The largest absolute Gasteiger partial charge is 0.495 e. The van der Waals surface area contributed by atoms with Gasteiger partial charge in [0.25, 0.3) is 0 Å². The summed E-state index contributed by atoms with van der Waals surface area (Å²) < 4.78 is 16.0. The van der Waals surface area contributed by atoms with E-state index in [2.05, 4.69) is 10.6 Å². The Morgan fingerprint density at radius 3 is 2.33 bits per heavy atom. The SMILES string of the molecule is CCOc1ccc(OCNC(=O)Nc2cc(C)ccc2OC)cc1. The van der Waals surface area contributed by atoms with Crippen molar-refractivity contribution in [3.8, 4) is 17.2 Å². The van der Waals surface area contributed by atoms with Crippen molar-refractivity contribution in [2.75, 3.05) is 25.8 Å². The standard InChI is InChI=1S/C18H22N2O4/c1-4-23-14-6-8-15(9-7-14)24-12-19-18(21)20-16-11-13(2)5-10-17(16)22-3/h5-11H,4,12H2,1-3H3,(H2,19,20,21). The molecule has 0 heterocycles. The van der Waals surface area contributed by atoms with Crippen molar-refractivity contribution in [3.63, 3.8) is 0 Å². The van der Waals surface area contributed by atoms with Crippen LogP contribution in [0.25, 0.3) is 0 Å². The van der Waals surface area contributed by atoms with E-state index in [1.54, 1.807) is 25.3 Å². The first-order valence-corrected chi connectivity index (χ1v) is 7.67. The molecule has 0 saturated heterocycles. The number of nitrogens with one attached hydrogen (secondary N) is 2. The average Bonchev–Trinajstić information content (AvgIpc) is 2.57. The number of hydrogen-bond donors (Lipinski definition) is 2. The molecule has 6 heteroatoms. The van der Waals surface area contributed by atoms with E-state index in [9.17, 15) is 4.79 Å². The van der Waals surface area contributed by atoms with Gasteiger partial charge < -0.3 is 24.8 Å². The van der Waals surface area contributed by atoms with Crippen molar-refractivity contribution in [2.24, 2.45) is 0 Å². The second-order valence-corrected chi connectivity index (χ2v) is 5.03. The Morgan fingerprint density at radius 2 is 1.71 bits per heavy atom. The Bertz CT molecular complexity index is 671. The zero-order chi connectivity index (χ0) is 17.4. The van der Waals surface area contributed by atoms with Crippen LogP contribution in [0.2, 0.25) is 0 Å². The van der Waals surface area contributed by atoms with Crippen LogP contribution in [0.1, 0.15) is 12.5 Å². The quantitative estimate of drug-likeness (QED) is 0.762. The number of methoxy groups -OCH3 is 1. The van der Waals surface area contributed by atoms with Gasteiger partial charge in [-0.2, -0.15) is 0 Å². The van der Waals surface area contributed by atoms with Crippen LogP contribution < -0.4 is 24.8 Å². The molecule has 0 saturated carbocycles. The van der Waals surface area contributed by atoms with Crippen LogP contribution in [0.15, 0.2) is 42.5 Å². The Balaban J connectivity index is 1.82. The predicted molar refractivity (Wildman–Crippen MR) is 93.0 cm³/mol. The molecular formula is C18H22N2O4. The summed E-state index contributed by atoms with van der Waals surface area (Å²) in [6.45, 7) is 4.53. The second-order valence-electron chi connectivity index (χ2n) is 5.03. The van der Waals surface area contributed by atoms with Gasteiger partial charge in [-0.15, -0.1) is 0 Å². The molecule has 0 unspecified atom stereocenters. The molecule has 0 aliphatic carbocycles. The lowest BCUT2D eigenvalue weighted by atomic mass is 10.2. The molecular weight excluding hydrogens is 308 g/mol. The van der Waals surface area contributed by atoms with Gasteiger partial charge in [-0.05, 0) is 55.8 Å². The minimum atomic E-state index is -0.371. The highest BCUT2D eigenvalue weighted by Gasteiger charge is 2.07. The van der Waals surface area contributed by atoms with E-state index in [-0.39, 0.29) is 12.8 Å². The lowest BCUT2D eigenvalue weighted by molar-refractivity contribution is 0.234. The van der Waals surface area contributed by atoms with Gasteiger partial charge in [-0.3, -0.25) is 0 Å². The normalized spacial score (nSPS) is 9.96. The lowest BCUT2D eigenvalue weighted by Gasteiger charge is -2.12. The van der Waals surface area contributed by atoms with E-state index in [1.165, 1.54) is 0 Å². The third-order valence-corrected chi connectivity index (χ3v) is 3.21. The number of carbonyl (C=O) groups is 1. The number of carbonyl (C=O) groups excluding carboxylic acids is 1. The molecule has 0 aliphatic heterocycles. The fourth-order valence-electron chi connectivity index (χ4n) is 2.07. The maximum Gasteiger partial charge on any atom is 0.321 e. The number of amides is 2. The van der Waals surface area contributed by atoms with E-state index in [1.807, 2.05) is 38.1 Å². The zero-order valence-electron chi connectivity index (χ0n) is 14.1. The Morgan fingerprint density at radius 1 is 1.04 bits per heavy atom. The van der Waals surface area contributed by atoms with Crippen LogP contribution in [-0.4, -0.2) is 26.5 Å². The van der Waals surface area contributed by atoms with Crippen molar-refractivity contribution >= 4 is 11.7 Å². The Labute approximate surface area is 141 Å². The predicted octanol–water partition coefficient (Wildman–Crippen LogP) is 3.56. The summed E-state index contributed by atoms with van der Waals surface area (Å²) in [5.41, 5.74) is 1.63. The van der Waals surface area contributed by atoms with Gasteiger partial charge >= 0.3 is 6.03 Å². The third-order valence-electron chi connectivity index (χ3n) is 3.21. The van der Waals surface area contributed by atoms with E-state index in [4.69, 9.17) is 14.2 Å². The number of rotatable bonds is 7. The number of aryl methyl sites for hydroxylation is 1. The number of urea groups is 1. The van der Waals surface area contributed by atoms with Gasteiger partial charge in [0.05, 0.1) is 19.4 Å². The summed E-state index contributed by atoms with van der Waals surface area (Å²) >= 11 is 0. The zero-order valence-corrected chi connectivity index (χ0v) is 14.1. The Hall–Kier alpha value is -2.89. The molecule has 0 fully saturated rings. The summed E-state index contributed by atoms with van der Waals surface area (Å²) in [7, 11) is 1.56. The van der Waals surface area contributed by atoms with Gasteiger partial charge in [0.15, 0.2) is 6.73 Å². The van der Waals surface area contributed by atoms with Crippen molar-refractivity contribution < 1.29 is 19.0 Å². The number of benzene rings is 2. The number of ether oxygens (including phenoxy) is 3. The van der Waals surface area contributed by atoms with Gasteiger partial charge in [-0.1, -0.05) is 6.07 Å². The summed E-state index contributed by atoms with van der Waals surface area (Å²) in [6, 6.07) is 12.4. The number of anilines is 1. The maximum absolute atomic E-state index is 11.9. The fraction of sp³-hybridized carbons (Fsp3) is 0.278. The summed E-state index contributed by atoms with van der Waals surface area (Å²) in [4.78, 5) is 11.9. The second kappa shape index (κ2) is 8.67. The molecule has 0 bridgehead atoms. The molecule has 2 amide bonds. The molecule has 0 aliphatic rings. The smallest absolute Gasteiger partial charge is 0.321 e. The average molecular weight is 330 g/mol. The Kier molecular flexibility index (Phi) is 6.31. The lowest BCUT2D eigenvalue weighted by Crippen LogP contribution is -2.32. The first-order chi connectivity index (χ1) is 11.6. The molecule has 6 nitrogen and oxygen atoms in total. The molecule has 2 aromatic rings. The minimum absolute atomic E-state index is 0.0495. The van der Waals surface area contributed by atoms with E-state index < -0.39 is 0 Å². The molecule has 2 aromatic carbocycles. The highest BCUT2D eigenvalue weighted by Crippen LogP contribution is 2.25. The molecule has 128 valence electrons. The highest BCUT2D eigenvalue weighted by molar-refractivity contribution is 5.90. The highest BCUT2D eigenvalue weighted by atomic mass is 16.5. The van der Waals surface area contributed by atoms with Crippen molar-refractivity contribution in [1.82, 2.24) is 5.32 Å². The molecule has 0 spiro atoms. The van der Waals surface area contributed by atoms with Crippen LogP contribution in [0, 0.1) is 6.92 Å². The van der Waals surface area contributed by atoms with Crippen LogP contribution in [0.3, 0.4) is 0 Å². The molecule has 24 heavy (non-hydrogen) atoms. The van der Waals surface area contributed by atoms with Crippen molar-refractivity contribution in [3.05, 3.63) is 48.0 Å². The van der Waals surface area contributed by atoms with E-state index in [0.29, 0.717) is 23.8 Å². The van der Waals surface area contributed by atoms with Gasteiger partial charge in [-0.25, -0.2) is 4.79 Å². The van der Waals surface area contributed by atoms with Crippen LogP contribution in [0.5, 0.6) is 17.2 Å². The minimum Gasteiger partial charge on any atom is -0.495 e. The molecule has 0 radical (unpaired) electrons. The maximum atomic E-state index is 11.9. The fourth-order valence-corrected chi connectivity index (χ4v) is 2.07. The molecule has 2 N–H and O–H groups in total. The third kappa shape index (κ3) is 5.08. The summed E-state index contributed by atoms with van der Waals surface area (Å²) in [5.74, 6) is 2.03. The molecule has 2 rings (SSSR count). The van der Waals surface area contributed by atoms with Crippen LogP contribution in [-0.2, 0) is 0 Å². The summed E-state index contributed by atoms with van der Waals surface area (Å²) in [6.07, 6.45) is 0.